The van der Waals surface area contributed by atoms with Gasteiger partial charge in [0.25, 0.3) is 0 Å². The van der Waals surface area contributed by atoms with E-state index in [-0.39, 0.29) is 5.69 Å². The van der Waals surface area contributed by atoms with Gasteiger partial charge in [-0.3, -0.25) is 0 Å². The highest BCUT2D eigenvalue weighted by Gasteiger charge is 2.14. The number of hydrogen-bond donors (Lipinski definition) is 2. The van der Waals surface area contributed by atoms with Gasteiger partial charge in [-0.2, -0.15) is 5.10 Å². The van der Waals surface area contributed by atoms with Crippen molar-refractivity contribution in [3.8, 4) is 5.69 Å². The summed E-state index contributed by atoms with van der Waals surface area (Å²) in [6, 6.07) is 3.08. The zero-order chi connectivity index (χ0) is 14.5. The van der Waals surface area contributed by atoms with Gasteiger partial charge < -0.3 is 5.73 Å². The minimum Gasteiger partial charge on any atom is -0.330 e. The maximum atomic E-state index is 13.8. The van der Waals surface area contributed by atoms with Gasteiger partial charge in [-0.25, -0.2) is 23.2 Å². The molecule has 0 aliphatic rings. The average Bonchev–Trinajstić information content (AvgIpc) is 2.76. The van der Waals surface area contributed by atoms with Crippen LogP contribution >= 0.6 is 0 Å². The van der Waals surface area contributed by atoms with E-state index < -0.39 is 17.3 Å². The van der Waals surface area contributed by atoms with E-state index in [1.165, 1.54) is 6.07 Å². The first-order valence-corrected chi connectivity index (χ1v) is 6.45. The van der Waals surface area contributed by atoms with Crippen molar-refractivity contribution in [2.45, 2.75) is 25.7 Å². The molecule has 7 heteroatoms. The second kappa shape index (κ2) is 6.42. The Balaban J connectivity index is 2.27. The van der Waals surface area contributed by atoms with Crippen LogP contribution in [0.3, 0.4) is 0 Å². The van der Waals surface area contributed by atoms with Crippen LogP contribution in [0.5, 0.6) is 0 Å². The Hall–Kier alpha value is -2.02. The van der Waals surface area contributed by atoms with Gasteiger partial charge in [0.05, 0.1) is 5.69 Å². The average molecular weight is 282 g/mol. The second-order valence-corrected chi connectivity index (χ2v) is 4.48. The van der Waals surface area contributed by atoms with Crippen molar-refractivity contribution in [2.24, 2.45) is 5.73 Å². The summed E-state index contributed by atoms with van der Waals surface area (Å²) in [6.45, 7) is 0.611. The number of aromatic amines is 1. The van der Waals surface area contributed by atoms with Gasteiger partial charge in [-0.1, -0.05) is 6.42 Å². The molecule has 1 aromatic heterocycles. The minimum atomic E-state index is -0.795. The van der Waals surface area contributed by atoms with Gasteiger partial charge in [0.2, 0.25) is 0 Å². The van der Waals surface area contributed by atoms with Gasteiger partial charge in [-0.05, 0) is 31.5 Å². The highest BCUT2D eigenvalue weighted by atomic mass is 19.1. The lowest BCUT2D eigenvalue weighted by Gasteiger charge is -2.07. The van der Waals surface area contributed by atoms with Crippen LogP contribution in [0.4, 0.5) is 8.78 Å². The first kappa shape index (κ1) is 14.4. The van der Waals surface area contributed by atoms with E-state index in [0.29, 0.717) is 18.8 Å². The fourth-order valence-electron chi connectivity index (χ4n) is 2.01. The van der Waals surface area contributed by atoms with Crippen LogP contribution < -0.4 is 11.4 Å². The normalized spacial score (nSPS) is 10.9. The lowest BCUT2D eigenvalue weighted by molar-refractivity contribution is 0.573. The first-order chi connectivity index (χ1) is 9.63. The van der Waals surface area contributed by atoms with Gasteiger partial charge in [0.1, 0.15) is 17.5 Å². The third-order valence-corrected chi connectivity index (χ3v) is 3.00. The lowest BCUT2D eigenvalue weighted by atomic mass is 10.2. The van der Waals surface area contributed by atoms with E-state index >= 15 is 0 Å². The number of benzene rings is 1. The molecule has 2 aromatic rings. The Morgan fingerprint density at radius 2 is 2.05 bits per heavy atom. The molecule has 0 saturated carbocycles. The van der Waals surface area contributed by atoms with Crippen molar-refractivity contribution in [1.29, 1.82) is 0 Å². The van der Waals surface area contributed by atoms with Gasteiger partial charge in [0, 0.05) is 12.5 Å². The van der Waals surface area contributed by atoms with Gasteiger partial charge in [0.15, 0.2) is 0 Å². The summed E-state index contributed by atoms with van der Waals surface area (Å²) in [6.07, 6.45) is 3.11. The van der Waals surface area contributed by atoms with Crippen LogP contribution in [0.2, 0.25) is 0 Å². The number of aromatic nitrogens is 3. The van der Waals surface area contributed by atoms with Crippen LogP contribution in [0.25, 0.3) is 5.69 Å². The van der Waals surface area contributed by atoms with E-state index in [2.05, 4.69) is 10.2 Å². The van der Waals surface area contributed by atoms with Crippen LogP contribution in [-0.4, -0.2) is 21.3 Å². The molecule has 1 heterocycles. The molecule has 20 heavy (non-hydrogen) atoms. The number of nitrogens with zero attached hydrogens (tertiary/aromatic N) is 2. The molecule has 0 radical (unpaired) electrons. The molecule has 0 spiro atoms. The van der Waals surface area contributed by atoms with Crippen molar-refractivity contribution >= 4 is 0 Å². The van der Waals surface area contributed by atoms with Crippen molar-refractivity contribution in [2.75, 3.05) is 6.54 Å². The molecule has 0 amide bonds. The zero-order valence-electron chi connectivity index (χ0n) is 10.9. The van der Waals surface area contributed by atoms with Crippen molar-refractivity contribution in [3.63, 3.8) is 0 Å². The second-order valence-electron chi connectivity index (χ2n) is 4.48. The topological polar surface area (TPSA) is 76.7 Å². The largest absolute Gasteiger partial charge is 0.348 e. The van der Waals surface area contributed by atoms with Crippen molar-refractivity contribution in [1.82, 2.24) is 14.8 Å². The summed E-state index contributed by atoms with van der Waals surface area (Å²) in [7, 11) is 0. The van der Waals surface area contributed by atoms with Crippen LogP contribution in [0.1, 0.15) is 25.1 Å². The lowest BCUT2D eigenvalue weighted by Crippen LogP contribution is -2.18. The maximum absolute atomic E-state index is 13.8. The molecule has 3 N–H and O–H groups in total. The van der Waals surface area contributed by atoms with E-state index in [1.807, 2.05) is 0 Å². The fraction of sp³-hybridized carbons (Fsp3) is 0.385. The first-order valence-electron chi connectivity index (χ1n) is 6.45. The highest BCUT2D eigenvalue weighted by molar-refractivity contribution is 5.34. The summed E-state index contributed by atoms with van der Waals surface area (Å²) in [5.41, 5.74) is 4.87. The van der Waals surface area contributed by atoms with Crippen molar-refractivity contribution in [3.05, 3.63) is 46.1 Å². The molecule has 0 unspecified atom stereocenters. The third-order valence-electron chi connectivity index (χ3n) is 3.00. The molecule has 0 atom stereocenters. The van der Waals surface area contributed by atoms with E-state index in [4.69, 9.17) is 5.73 Å². The SMILES string of the molecule is NCCCCCc1n[nH]c(=O)n1-c1ccc(F)cc1F. The smallest absolute Gasteiger partial charge is 0.330 e. The Labute approximate surface area is 114 Å². The van der Waals surface area contributed by atoms with E-state index in [1.54, 1.807) is 0 Å². The molecular formula is C13H16F2N4O. The zero-order valence-corrected chi connectivity index (χ0v) is 10.9. The molecule has 0 aliphatic heterocycles. The Morgan fingerprint density at radius 3 is 2.75 bits per heavy atom. The number of rotatable bonds is 6. The minimum absolute atomic E-state index is 0.000949. The fourth-order valence-corrected chi connectivity index (χ4v) is 2.01. The summed E-state index contributed by atoms with van der Waals surface area (Å²) in [5.74, 6) is -1.05. The highest BCUT2D eigenvalue weighted by Crippen LogP contribution is 2.15. The Kier molecular flexibility index (Phi) is 4.62. The quantitative estimate of drug-likeness (QED) is 0.788. The van der Waals surface area contributed by atoms with Gasteiger partial charge >= 0.3 is 5.69 Å². The monoisotopic (exact) mass is 282 g/mol. The van der Waals surface area contributed by atoms with Crippen LogP contribution in [0.15, 0.2) is 23.0 Å². The van der Waals surface area contributed by atoms with Crippen molar-refractivity contribution < 1.29 is 8.78 Å². The van der Waals surface area contributed by atoms with E-state index in [9.17, 15) is 13.6 Å². The summed E-state index contributed by atoms with van der Waals surface area (Å²) in [4.78, 5) is 11.7. The molecule has 2 rings (SSSR count). The number of aryl methyl sites for hydroxylation is 1. The molecule has 0 fully saturated rings. The number of H-pyrrole nitrogens is 1. The molecule has 5 nitrogen and oxygen atoms in total. The summed E-state index contributed by atoms with van der Waals surface area (Å²) in [5, 5.41) is 6.18. The van der Waals surface area contributed by atoms with Crippen LogP contribution in [-0.2, 0) is 6.42 Å². The predicted molar refractivity (Wildman–Crippen MR) is 70.7 cm³/mol. The summed E-state index contributed by atoms with van der Waals surface area (Å²) >= 11 is 0. The molecule has 1 aromatic carbocycles. The molecule has 0 aliphatic carbocycles. The third kappa shape index (κ3) is 3.11. The molecule has 108 valence electrons. The summed E-state index contributed by atoms with van der Waals surface area (Å²) < 4.78 is 27.8. The number of unbranched alkanes of at least 4 members (excludes halogenated alkanes) is 2. The number of nitrogens with one attached hydrogen (secondary N) is 1. The Morgan fingerprint density at radius 1 is 1.25 bits per heavy atom. The standard InChI is InChI=1S/C13H16F2N4O/c14-9-5-6-11(10(15)8-9)19-12(17-18-13(19)20)4-2-1-3-7-16/h5-6,8H,1-4,7,16H2,(H,18,20). The number of hydrogen-bond acceptors (Lipinski definition) is 3. The van der Waals surface area contributed by atoms with Crippen LogP contribution in [0, 0.1) is 11.6 Å². The van der Waals surface area contributed by atoms with E-state index in [0.717, 1.165) is 36.0 Å². The number of halogens is 2. The molecule has 0 bridgehead atoms. The predicted octanol–water partition coefficient (Wildman–Crippen LogP) is 1.51. The number of nitrogens with two attached hydrogens (primary N) is 1. The van der Waals surface area contributed by atoms with Gasteiger partial charge in [-0.15, -0.1) is 0 Å². The molecular weight excluding hydrogens is 266 g/mol. The Bertz CT molecular complexity index is 636. The maximum Gasteiger partial charge on any atom is 0.348 e. The molecule has 0 saturated heterocycles.